The molecule has 0 heterocycles. The van der Waals surface area contributed by atoms with Crippen molar-refractivity contribution in [3.05, 3.63) is 71.3 Å². The zero-order valence-corrected chi connectivity index (χ0v) is 13.1. The van der Waals surface area contributed by atoms with Crippen molar-refractivity contribution in [1.29, 1.82) is 0 Å². The van der Waals surface area contributed by atoms with Gasteiger partial charge in [0, 0.05) is 0 Å². The summed E-state index contributed by atoms with van der Waals surface area (Å²) in [6.07, 6.45) is 2.52. The van der Waals surface area contributed by atoms with Crippen molar-refractivity contribution >= 4 is 23.6 Å². The van der Waals surface area contributed by atoms with Gasteiger partial charge in [-0.2, -0.15) is 0 Å². The Morgan fingerprint density at radius 3 is 2.46 bits per heavy atom. The molecule has 0 unspecified atom stereocenters. The van der Waals surface area contributed by atoms with Crippen LogP contribution >= 0.6 is 0 Å². The van der Waals surface area contributed by atoms with Gasteiger partial charge >= 0.3 is 5.97 Å². The average molecular weight is 324 g/mol. The smallest absolute Gasteiger partial charge is 0.337 e. The van der Waals surface area contributed by atoms with Gasteiger partial charge in [-0.15, -0.1) is 0 Å². The molecular weight excluding hydrogens is 308 g/mol. The number of ketones is 2. The molecule has 2 aromatic rings. The number of ether oxygens (including phenoxy) is 1. The summed E-state index contributed by atoms with van der Waals surface area (Å²) in [7, 11) is 1.22. The van der Waals surface area contributed by atoms with E-state index in [-0.39, 0.29) is 16.9 Å². The Balaban J connectivity index is 2.10. The average Bonchev–Trinajstić information content (AvgIpc) is 2.60. The molecule has 5 heteroatoms. The van der Waals surface area contributed by atoms with Crippen LogP contribution in [0, 0.1) is 0 Å². The maximum atomic E-state index is 12.2. The maximum absolute atomic E-state index is 12.2. The van der Waals surface area contributed by atoms with Crippen LogP contribution in [0.15, 0.2) is 54.6 Å². The summed E-state index contributed by atoms with van der Waals surface area (Å²) in [5.41, 5.74) is 0.888. The van der Waals surface area contributed by atoms with Gasteiger partial charge in [-0.05, 0) is 29.8 Å². The highest BCUT2D eigenvalue weighted by Gasteiger charge is 2.17. The van der Waals surface area contributed by atoms with Crippen LogP contribution in [-0.2, 0) is 9.53 Å². The monoisotopic (exact) mass is 324 g/mol. The van der Waals surface area contributed by atoms with Crippen LogP contribution in [0.3, 0.4) is 0 Å². The van der Waals surface area contributed by atoms with Gasteiger partial charge in [0.25, 0.3) is 0 Å². The van der Waals surface area contributed by atoms with Crippen LogP contribution in [0.5, 0.6) is 5.75 Å². The molecular formula is C19H16O5. The van der Waals surface area contributed by atoms with E-state index in [1.165, 1.54) is 31.4 Å². The van der Waals surface area contributed by atoms with Crippen LogP contribution < -0.4 is 0 Å². The number of phenolic OH excluding ortho intramolecular Hbond substituents is 1. The quantitative estimate of drug-likeness (QED) is 0.382. The molecule has 0 aliphatic rings. The van der Waals surface area contributed by atoms with Gasteiger partial charge in [-0.3, -0.25) is 9.59 Å². The predicted molar refractivity (Wildman–Crippen MR) is 88.9 cm³/mol. The Hall–Kier alpha value is -3.21. The molecule has 0 aliphatic heterocycles. The number of phenols is 1. The van der Waals surface area contributed by atoms with E-state index in [2.05, 4.69) is 4.74 Å². The molecule has 122 valence electrons. The second-order valence-corrected chi connectivity index (χ2v) is 5.03. The first-order valence-electron chi connectivity index (χ1n) is 7.21. The molecule has 5 nitrogen and oxygen atoms in total. The predicted octanol–water partition coefficient (Wildman–Crippen LogP) is 3.03. The summed E-state index contributed by atoms with van der Waals surface area (Å²) < 4.78 is 4.57. The first-order chi connectivity index (χ1) is 11.5. The summed E-state index contributed by atoms with van der Waals surface area (Å²) in [6, 6.07) is 13.0. The van der Waals surface area contributed by atoms with E-state index >= 15 is 0 Å². The number of esters is 1. The summed E-state index contributed by atoms with van der Waals surface area (Å²) >= 11 is 0. The molecule has 0 bridgehead atoms. The second-order valence-electron chi connectivity index (χ2n) is 5.03. The third-order valence-corrected chi connectivity index (χ3v) is 3.31. The largest absolute Gasteiger partial charge is 0.507 e. The first-order valence-corrected chi connectivity index (χ1v) is 7.21. The standard InChI is InChI=1S/C19H16O5/c1-24-19(23)14-8-10-17(21)16(11-14)18(22)12-15(20)9-7-13-5-3-2-4-6-13/h2-11,21H,12H2,1H3. The number of hydrogen-bond acceptors (Lipinski definition) is 5. The summed E-state index contributed by atoms with van der Waals surface area (Å²) in [5, 5.41) is 9.78. The topological polar surface area (TPSA) is 80.7 Å². The maximum Gasteiger partial charge on any atom is 0.337 e. The molecule has 1 N–H and O–H groups in total. The Morgan fingerprint density at radius 1 is 1.08 bits per heavy atom. The number of benzene rings is 2. The minimum absolute atomic E-state index is 0.0839. The summed E-state index contributed by atoms with van der Waals surface area (Å²) in [4.78, 5) is 35.6. The van der Waals surface area contributed by atoms with Crippen LogP contribution in [-0.4, -0.2) is 29.8 Å². The molecule has 0 aromatic heterocycles. The fraction of sp³-hybridized carbons (Fsp3) is 0.105. The fourth-order valence-electron chi connectivity index (χ4n) is 2.07. The van der Waals surface area contributed by atoms with Gasteiger partial charge in [-0.1, -0.05) is 36.4 Å². The normalized spacial score (nSPS) is 10.5. The van der Waals surface area contributed by atoms with Gasteiger partial charge in [0.1, 0.15) is 5.75 Å². The van der Waals surface area contributed by atoms with Crippen LogP contribution in [0.25, 0.3) is 6.08 Å². The minimum atomic E-state index is -0.626. The van der Waals surface area contributed by atoms with Gasteiger partial charge < -0.3 is 9.84 Å². The van der Waals surface area contributed by atoms with Crippen molar-refractivity contribution in [2.75, 3.05) is 7.11 Å². The lowest BCUT2D eigenvalue weighted by molar-refractivity contribution is -0.113. The number of carbonyl (C=O) groups is 3. The van der Waals surface area contributed by atoms with Crippen molar-refractivity contribution in [2.24, 2.45) is 0 Å². The Bertz CT molecular complexity index is 791. The van der Waals surface area contributed by atoms with E-state index in [0.717, 1.165) is 5.56 Å². The number of aromatic hydroxyl groups is 1. The molecule has 0 amide bonds. The van der Waals surface area contributed by atoms with E-state index in [0.29, 0.717) is 0 Å². The minimum Gasteiger partial charge on any atom is -0.507 e. The molecule has 0 aliphatic carbocycles. The van der Waals surface area contributed by atoms with Crippen LogP contribution in [0.1, 0.15) is 32.7 Å². The highest BCUT2D eigenvalue weighted by Crippen LogP contribution is 2.21. The number of hydrogen-bond donors (Lipinski definition) is 1. The van der Waals surface area contributed by atoms with E-state index in [9.17, 15) is 19.5 Å². The van der Waals surface area contributed by atoms with Crippen LogP contribution in [0.2, 0.25) is 0 Å². The van der Waals surface area contributed by atoms with Gasteiger partial charge in [-0.25, -0.2) is 4.79 Å². The molecule has 0 spiro atoms. The molecule has 24 heavy (non-hydrogen) atoms. The van der Waals surface area contributed by atoms with Crippen molar-refractivity contribution in [3.63, 3.8) is 0 Å². The lowest BCUT2D eigenvalue weighted by Gasteiger charge is -2.05. The highest BCUT2D eigenvalue weighted by atomic mass is 16.5. The van der Waals surface area contributed by atoms with Crippen molar-refractivity contribution < 1.29 is 24.2 Å². The van der Waals surface area contributed by atoms with Gasteiger partial charge in [0.2, 0.25) is 0 Å². The molecule has 0 fully saturated rings. The third kappa shape index (κ3) is 4.39. The molecule has 0 saturated carbocycles. The molecule has 2 aromatic carbocycles. The molecule has 2 rings (SSSR count). The van der Waals surface area contributed by atoms with Crippen molar-refractivity contribution in [3.8, 4) is 5.75 Å². The van der Waals surface area contributed by atoms with E-state index in [1.807, 2.05) is 30.3 Å². The van der Waals surface area contributed by atoms with Gasteiger partial charge in [0.05, 0.1) is 24.7 Å². The van der Waals surface area contributed by atoms with Crippen LogP contribution in [0.4, 0.5) is 0 Å². The molecule has 0 radical (unpaired) electrons. The van der Waals surface area contributed by atoms with Crippen molar-refractivity contribution in [2.45, 2.75) is 6.42 Å². The third-order valence-electron chi connectivity index (χ3n) is 3.31. The number of carbonyl (C=O) groups excluding carboxylic acids is 3. The number of allylic oxidation sites excluding steroid dienone is 1. The number of Topliss-reactive ketones (excluding diaryl/α,β-unsaturated/α-hetero) is 1. The van der Waals surface area contributed by atoms with Crippen molar-refractivity contribution in [1.82, 2.24) is 0 Å². The Morgan fingerprint density at radius 2 is 1.79 bits per heavy atom. The lowest BCUT2D eigenvalue weighted by Crippen LogP contribution is -2.08. The highest BCUT2D eigenvalue weighted by molar-refractivity contribution is 6.13. The summed E-state index contributed by atoms with van der Waals surface area (Å²) in [5.74, 6) is -1.88. The van der Waals surface area contributed by atoms with Gasteiger partial charge in [0.15, 0.2) is 11.6 Å². The summed E-state index contributed by atoms with van der Waals surface area (Å²) in [6.45, 7) is 0. The number of methoxy groups -OCH3 is 1. The van der Waals surface area contributed by atoms with E-state index in [1.54, 1.807) is 6.08 Å². The zero-order chi connectivity index (χ0) is 17.5. The second kappa shape index (κ2) is 7.87. The Kier molecular flexibility index (Phi) is 5.63. The van der Waals surface area contributed by atoms with E-state index in [4.69, 9.17) is 0 Å². The number of rotatable bonds is 6. The lowest BCUT2D eigenvalue weighted by atomic mass is 10.0. The first kappa shape index (κ1) is 17.1. The SMILES string of the molecule is COC(=O)c1ccc(O)c(C(=O)CC(=O)C=Cc2ccccc2)c1. The zero-order valence-electron chi connectivity index (χ0n) is 13.1. The molecule has 0 atom stereocenters. The Labute approximate surface area is 139 Å². The molecule has 0 saturated heterocycles. The van der Waals surface area contributed by atoms with E-state index < -0.39 is 24.0 Å². The fourth-order valence-corrected chi connectivity index (χ4v) is 2.07.